The first kappa shape index (κ1) is 16.4. The molecule has 0 atom stereocenters. The van der Waals surface area contributed by atoms with Crippen LogP contribution in [-0.2, 0) is 14.6 Å². The van der Waals surface area contributed by atoms with Gasteiger partial charge in [-0.1, -0.05) is 6.08 Å². The SMILES string of the molecule is C=CCS(=O)(=O)CC(=O)Nc1sc(C)c(C)c1C(N)=O. The number of primary amides is 1. The molecule has 0 saturated carbocycles. The molecule has 0 saturated heterocycles. The van der Waals surface area contributed by atoms with E-state index in [4.69, 9.17) is 5.73 Å². The Morgan fingerprint density at radius 1 is 1.40 bits per heavy atom. The van der Waals surface area contributed by atoms with E-state index in [0.717, 1.165) is 4.88 Å². The Morgan fingerprint density at radius 2 is 2.00 bits per heavy atom. The third kappa shape index (κ3) is 3.91. The van der Waals surface area contributed by atoms with E-state index in [9.17, 15) is 18.0 Å². The maximum absolute atomic E-state index is 11.7. The lowest BCUT2D eigenvalue weighted by Gasteiger charge is -2.05. The van der Waals surface area contributed by atoms with Crippen LogP contribution in [0.2, 0.25) is 0 Å². The van der Waals surface area contributed by atoms with Crippen molar-refractivity contribution in [3.8, 4) is 0 Å². The molecule has 1 heterocycles. The van der Waals surface area contributed by atoms with Gasteiger partial charge in [-0.15, -0.1) is 17.9 Å². The standard InChI is InChI=1S/C12H16N2O4S2/c1-4-5-20(17,18)6-9(15)14-12-10(11(13)16)7(2)8(3)19-12/h4H,1,5-6H2,2-3H3,(H2,13,16)(H,14,15). The molecule has 0 bridgehead atoms. The number of carbonyl (C=O) groups is 2. The van der Waals surface area contributed by atoms with Crippen molar-refractivity contribution in [3.05, 3.63) is 28.7 Å². The van der Waals surface area contributed by atoms with Gasteiger partial charge in [-0.25, -0.2) is 8.42 Å². The highest BCUT2D eigenvalue weighted by molar-refractivity contribution is 7.92. The number of sulfone groups is 1. The lowest BCUT2D eigenvalue weighted by atomic mass is 10.1. The molecule has 1 rings (SSSR count). The predicted molar refractivity (Wildman–Crippen MR) is 79.8 cm³/mol. The summed E-state index contributed by atoms with van der Waals surface area (Å²) in [6.45, 7) is 6.83. The molecule has 0 aliphatic heterocycles. The van der Waals surface area contributed by atoms with E-state index in [2.05, 4.69) is 11.9 Å². The Labute approximate surface area is 121 Å². The van der Waals surface area contributed by atoms with Crippen LogP contribution >= 0.6 is 11.3 Å². The summed E-state index contributed by atoms with van der Waals surface area (Å²) in [5.41, 5.74) is 6.18. The van der Waals surface area contributed by atoms with Gasteiger partial charge in [-0.2, -0.15) is 0 Å². The summed E-state index contributed by atoms with van der Waals surface area (Å²) < 4.78 is 23.0. The van der Waals surface area contributed by atoms with Gasteiger partial charge >= 0.3 is 0 Å². The van der Waals surface area contributed by atoms with Gasteiger partial charge in [0.2, 0.25) is 5.91 Å². The van der Waals surface area contributed by atoms with Crippen molar-refractivity contribution in [1.82, 2.24) is 0 Å². The van der Waals surface area contributed by atoms with Gasteiger partial charge in [0.1, 0.15) is 10.8 Å². The van der Waals surface area contributed by atoms with Gasteiger partial charge in [0.25, 0.3) is 5.91 Å². The molecule has 110 valence electrons. The fraction of sp³-hybridized carbons (Fsp3) is 0.333. The molecule has 0 spiro atoms. The van der Waals surface area contributed by atoms with Gasteiger partial charge in [0, 0.05) is 4.88 Å². The first-order valence-electron chi connectivity index (χ1n) is 5.69. The molecule has 1 aromatic rings. The highest BCUT2D eigenvalue weighted by Gasteiger charge is 2.21. The van der Waals surface area contributed by atoms with Gasteiger partial charge in [-0.05, 0) is 19.4 Å². The van der Waals surface area contributed by atoms with E-state index in [0.29, 0.717) is 5.56 Å². The van der Waals surface area contributed by atoms with E-state index in [-0.39, 0.29) is 16.3 Å². The van der Waals surface area contributed by atoms with Crippen LogP contribution in [0.15, 0.2) is 12.7 Å². The van der Waals surface area contributed by atoms with Crippen molar-refractivity contribution in [2.24, 2.45) is 5.73 Å². The summed E-state index contributed by atoms with van der Waals surface area (Å²) in [5.74, 6) is -2.29. The molecule has 0 aromatic carbocycles. The minimum absolute atomic E-state index is 0.224. The largest absolute Gasteiger partial charge is 0.365 e. The van der Waals surface area contributed by atoms with Gasteiger partial charge in [-0.3, -0.25) is 9.59 Å². The molecule has 20 heavy (non-hydrogen) atoms. The second-order valence-corrected chi connectivity index (χ2v) is 7.58. The van der Waals surface area contributed by atoms with E-state index >= 15 is 0 Å². The van der Waals surface area contributed by atoms with E-state index < -0.39 is 27.4 Å². The number of amides is 2. The minimum atomic E-state index is -3.53. The Morgan fingerprint density at radius 3 is 2.50 bits per heavy atom. The van der Waals surface area contributed by atoms with Crippen molar-refractivity contribution >= 4 is 38.0 Å². The average molecular weight is 316 g/mol. The van der Waals surface area contributed by atoms with Crippen molar-refractivity contribution in [1.29, 1.82) is 0 Å². The van der Waals surface area contributed by atoms with Crippen LogP contribution in [-0.4, -0.2) is 31.7 Å². The number of hydrogen-bond donors (Lipinski definition) is 2. The highest BCUT2D eigenvalue weighted by atomic mass is 32.2. The number of nitrogens with one attached hydrogen (secondary N) is 1. The zero-order valence-electron chi connectivity index (χ0n) is 11.2. The number of rotatable bonds is 6. The fourth-order valence-electron chi connectivity index (χ4n) is 1.61. The molecule has 1 aromatic heterocycles. The molecule has 0 radical (unpaired) electrons. The summed E-state index contributed by atoms with van der Waals surface area (Å²) in [6.07, 6.45) is 1.22. The lowest BCUT2D eigenvalue weighted by Crippen LogP contribution is -2.25. The third-order valence-corrected chi connectivity index (χ3v) is 5.18. The molecule has 2 amide bonds. The number of carbonyl (C=O) groups excluding carboxylic acids is 2. The third-order valence-electron chi connectivity index (χ3n) is 2.61. The Bertz CT molecular complexity index is 659. The van der Waals surface area contributed by atoms with Crippen LogP contribution in [0.1, 0.15) is 20.8 Å². The molecule has 0 aliphatic rings. The van der Waals surface area contributed by atoms with E-state index in [1.807, 2.05) is 0 Å². The minimum Gasteiger partial charge on any atom is -0.365 e. The molecule has 0 aliphatic carbocycles. The second kappa shape index (κ2) is 6.19. The number of aryl methyl sites for hydroxylation is 1. The van der Waals surface area contributed by atoms with Crippen molar-refractivity contribution in [2.45, 2.75) is 13.8 Å². The van der Waals surface area contributed by atoms with Crippen molar-refractivity contribution in [2.75, 3.05) is 16.8 Å². The summed E-state index contributed by atoms with van der Waals surface area (Å²) in [6, 6.07) is 0. The highest BCUT2D eigenvalue weighted by Crippen LogP contribution is 2.31. The van der Waals surface area contributed by atoms with Crippen LogP contribution < -0.4 is 11.1 Å². The molecule has 0 fully saturated rings. The first-order valence-corrected chi connectivity index (χ1v) is 8.32. The smallest absolute Gasteiger partial charge is 0.251 e. The zero-order chi connectivity index (χ0) is 15.5. The fourth-order valence-corrected chi connectivity index (χ4v) is 3.64. The molecule has 0 unspecified atom stereocenters. The first-order chi connectivity index (χ1) is 9.18. The second-order valence-electron chi connectivity index (χ2n) is 4.24. The van der Waals surface area contributed by atoms with Gasteiger partial charge < -0.3 is 11.1 Å². The molecule has 6 nitrogen and oxygen atoms in total. The monoisotopic (exact) mass is 316 g/mol. The molecular weight excluding hydrogens is 300 g/mol. The van der Waals surface area contributed by atoms with Crippen LogP contribution in [0.5, 0.6) is 0 Å². The Kier molecular flexibility index (Phi) is 5.07. The van der Waals surface area contributed by atoms with Crippen molar-refractivity contribution in [3.63, 3.8) is 0 Å². The van der Waals surface area contributed by atoms with E-state index in [1.54, 1.807) is 13.8 Å². The molecule has 8 heteroatoms. The van der Waals surface area contributed by atoms with Crippen LogP contribution in [0, 0.1) is 13.8 Å². The number of hydrogen-bond acceptors (Lipinski definition) is 5. The topological polar surface area (TPSA) is 106 Å². The summed E-state index contributed by atoms with van der Waals surface area (Å²) in [5, 5.41) is 2.72. The van der Waals surface area contributed by atoms with E-state index in [1.165, 1.54) is 17.4 Å². The maximum Gasteiger partial charge on any atom is 0.251 e. The number of anilines is 1. The lowest BCUT2D eigenvalue weighted by molar-refractivity contribution is -0.113. The predicted octanol–water partition coefficient (Wildman–Crippen LogP) is 1.00. The van der Waals surface area contributed by atoms with Crippen molar-refractivity contribution < 1.29 is 18.0 Å². The summed E-state index contributed by atoms with van der Waals surface area (Å²) >= 11 is 1.19. The van der Waals surface area contributed by atoms with Crippen LogP contribution in [0.3, 0.4) is 0 Å². The molecule has 3 N–H and O–H groups in total. The van der Waals surface area contributed by atoms with Gasteiger partial charge in [0.05, 0.1) is 11.3 Å². The zero-order valence-corrected chi connectivity index (χ0v) is 12.9. The normalized spacial score (nSPS) is 11.1. The number of nitrogens with two attached hydrogens (primary N) is 1. The maximum atomic E-state index is 11.7. The summed E-state index contributed by atoms with van der Waals surface area (Å²) in [7, 11) is -3.53. The number of thiophene rings is 1. The average Bonchev–Trinajstić information content (AvgIpc) is 2.52. The Balaban J connectivity index is 2.95. The van der Waals surface area contributed by atoms with Crippen LogP contribution in [0.25, 0.3) is 0 Å². The quantitative estimate of drug-likeness (QED) is 0.764. The molecular formula is C12H16N2O4S2. The summed E-state index contributed by atoms with van der Waals surface area (Å²) in [4.78, 5) is 23.9. The van der Waals surface area contributed by atoms with Gasteiger partial charge in [0.15, 0.2) is 9.84 Å². The van der Waals surface area contributed by atoms with Crippen LogP contribution in [0.4, 0.5) is 5.00 Å². The Hall–Kier alpha value is -1.67.